The van der Waals surface area contributed by atoms with Gasteiger partial charge >= 0.3 is 12.1 Å². The number of nitrogens with zero attached hydrogens (tertiary/aromatic N) is 2. The van der Waals surface area contributed by atoms with Gasteiger partial charge in [-0.2, -0.15) is 18.2 Å². The molecule has 2 aromatic carbocycles. The molecule has 8 nitrogen and oxygen atoms in total. The number of nitrogens with one attached hydrogen (secondary N) is 1. The third kappa shape index (κ3) is 4.40. The maximum Gasteiger partial charge on any atom is 0.490 e. The molecule has 0 aliphatic rings. The predicted molar refractivity (Wildman–Crippen MR) is 111 cm³/mol. The van der Waals surface area contributed by atoms with E-state index in [0.29, 0.717) is 22.1 Å². The first kappa shape index (κ1) is 22.0. The second-order valence-electron chi connectivity index (χ2n) is 6.20. The first-order chi connectivity index (χ1) is 14.5. The van der Waals surface area contributed by atoms with Crippen LogP contribution >= 0.6 is 11.6 Å². The number of halogens is 4. The molecule has 0 amide bonds. The maximum atomic E-state index is 10.6. The third-order valence-electron chi connectivity index (χ3n) is 4.24. The lowest BCUT2D eigenvalue weighted by Crippen LogP contribution is -2.21. The Bertz CT molecular complexity index is 1290. The summed E-state index contributed by atoms with van der Waals surface area (Å²) in [4.78, 5) is 20.5. The van der Waals surface area contributed by atoms with Gasteiger partial charge in [0.05, 0.1) is 23.5 Å². The molecule has 0 atom stereocenters. The summed E-state index contributed by atoms with van der Waals surface area (Å²) in [6.07, 6.45) is -3.24. The topological polar surface area (TPSA) is 140 Å². The molecule has 31 heavy (non-hydrogen) atoms. The molecular weight excluding hydrogens is 439 g/mol. The normalized spacial score (nSPS) is 11.3. The number of anilines is 2. The lowest BCUT2D eigenvalue weighted by molar-refractivity contribution is -0.192. The number of carbonyl (C=O) groups is 1. The number of carboxylic acid groups (broad SMARTS) is 1. The van der Waals surface area contributed by atoms with Crippen LogP contribution < -0.4 is 16.2 Å². The molecule has 0 fully saturated rings. The van der Waals surface area contributed by atoms with Crippen LogP contribution in [0.5, 0.6) is 5.75 Å². The molecule has 2 aromatic heterocycles. The summed E-state index contributed by atoms with van der Waals surface area (Å²) >= 11 is 6.19. The molecule has 12 heteroatoms. The van der Waals surface area contributed by atoms with E-state index >= 15 is 0 Å². The van der Waals surface area contributed by atoms with Crippen LogP contribution in [-0.4, -0.2) is 39.3 Å². The highest BCUT2D eigenvalue weighted by atomic mass is 35.5. The van der Waals surface area contributed by atoms with Gasteiger partial charge < -0.3 is 26.3 Å². The van der Waals surface area contributed by atoms with Crippen molar-refractivity contribution in [3.63, 3.8) is 0 Å². The van der Waals surface area contributed by atoms with Gasteiger partial charge in [0.25, 0.3) is 0 Å². The van der Waals surface area contributed by atoms with Gasteiger partial charge in [-0.05, 0) is 30.3 Å². The molecule has 0 aliphatic carbocycles. The zero-order valence-corrected chi connectivity index (χ0v) is 16.5. The summed E-state index contributed by atoms with van der Waals surface area (Å²) < 4.78 is 37.2. The molecule has 4 rings (SSSR count). The highest BCUT2D eigenvalue weighted by Gasteiger charge is 2.38. The number of carboxylic acids is 1. The van der Waals surface area contributed by atoms with E-state index < -0.39 is 12.1 Å². The van der Waals surface area contributed by atoms with E-state index in [-0.39, 0.29) is 5.95 Å². The molecule has 6 N–H and O–H groups in total. The van der Waals surface area contributed by atoms with E-state index in [2.05, 4.69) is 15.0 Å². The van der Waals surface area contributed by atoms with Crippen molar-refractivity contribution in [3.8, 4) is 16.9 Å². The highest BCUT2D eigenvalue weighted by Crippen LogP contribution is 2.40. The van der Waals surface area contributed by atoms with E-state index in [1.54, 1.807) is 13.2 Å². The first-order valence-electron chi connectivity index (χ1n) is 8.49. The zero-order valence-electron chi connectivity index (χ0n) is 15.8. The van der Waals surface area contributed by atoms with Gasteiger partial charge in [0.2, 0.25) is 5.95 Å². The number of hydrogen-bond acceptors (Lipinski definition) is 6. The maximum absolute atomic E-state index is 10.6. The van der Waals surface area contributed by atoms with Crippen molar-refractivity contribution in [1.29, 1.82) is 0 Å². The Labute approximate surface area is 177 Å². The minimum Gasteiger partial charge on any atom is -0.496 e. The molecule has 0 aliphatic heterocycles. The van der Waals surface area contributed by atoms with Crippen LogP contribution in [0.1, 0.15) is 0 Å². The van der Waals surface area contributed by atoms with Crippen molar-refractivity contribution in [2.24, 2.45) is 0 Å². The lowest BCUT2D eigenvalue weighted by atomic mass is 9.99. The van der Waals surface area contributed by atoms with Crippen molar-refractivity contribution in [2.45, 2.75) is 6.18 Å². The van der Waals surface area contributed by atoms with Gasteiger partial charge in [0.1, 0.15) is 11.6 Å². The van der Waals surface area contributed by atoms with E-state index in [9.17, 15) is 13.2 Å². The number of benzene rings is 2. The zero-order chi connectivity index (χ0) is 22.9. The summed E-state index contributed by atoms with van der Waals surface area (Å²) in [6, 6.07) is 9.33. The monoisotopic (exact) mass is 453 g/mol. The van der Waals surface area contributed by atoms with Crippen LogP contribution in [-0.2, 0) is 4.79 Å². The molecule has 0 saturated carbocycles. The number of nitrogens with two attached hydrogens (primary N) is 2. The number of hydrogen-bond donors (Lipinski definition) is 4. The Balaban J connectivity index is 0.000000339. The molecule has 0 bridgehead atoms. The van der Waals surface area contributed by atoms with Gasteiger partial charge in [0, 0.05) is 27.7 Å². The molecule has 0 spiro atoms. The number of rotatable bonds is 2. The number of nitrogen functional groups attached to an aromatic ring is 2. The summed E-state index contributed by atoms with van der Waals surface area (Å²) in [5.74, 6) is -1.55. The Hall–Kier alpha value is -3.73. The quantitative estimate of drug-likeness (QED) is 0.356. The number of aromatic amines is 1. The largest absolute Gasteiger partial charge is 0.496 e. The SMILES string of the molecule is COc1ccc(Cl)cc1-c1cc2nc(N)nc(N)c2c2cc[nH]c12.O=C(O)C(F)(F)F. The van der Waals surface area contributed by atoms with Crippen LogP contribution in [0.3, 0.4) is 0 Å². The standard InChI is InChI=1S/C17H14ClN5O.C2HF3O2/c1-24-13-3-2-8(18)6-10(13)11-7-12-14(9-4-5-21-15(9)11)16(19)23-17(20)22-12;3-2(4,5)1(6)7/h2-7,21H,1H3,(H4,19,20,22,23);(H,6,7). The molecule has 0 radical (unpaired) electrons. The van der Waals surface area contributed by atoms with Crippen LogP contribution in [0.4, 0.5) is 24.9 Å². The number of alkyl halides is 3. The Morgan fingerprint density at radius 2 is 1.84 bits per heavy atom. The Morgan fingerprint density at radius 3 is 2.45 bits per heavy atom. The highest BCUT2D eigenvalue weighted by molar-refractivity contribution is 6.31. The lowest BCUT2D eigenvalue weighted by Gasteiger charge is -2.12. The van der Waals surface area contributed by atoms with Gasteiger partial charge in [-0.3, -0.25) is 0 Å². The average molecular weight is 454 g/mol. The van der Waals surface area contributed by atoms with Gasteiger partial charge in [-0.1, -0.05) is 11.6 Å². The van der Waals surface area contributed by atoms with Crippen molar-refractivity contribution >= 4 is 51.1 Å². The van der Waals surface area contributed by atoms with Crippen molar-refractivity contribution in [2.75, 3.05) is 18.6 Å². The smallest absolute Gasteiger partial charge is 0.490 e. The minimum absolute atomic E-state index is 0.138. The molecule has 4 aromatic rings. The van der Waals surface area contributed by atoms with Crippen LogP contribution in [0.15, 0.2) is 36.5 Å². The van der Waals surface area contributed by atoms with Crippen LogP contribution in [0.2, 0.25) is 5.02 Å². The predicted octanol–water partition coefficient (Wildman–Crippen LogP) is 4.24. The number of aromatic nitrogens is 3. The fourth-order valence-electron chi connectivity index (χ4n) is 3.01. The van der Waals surface area contributed by atoms with E-state index in [1.807, 2.05) is 30.5 Å². The molecule has 0 saturated heterocycles. The third-order valence-corrected chi connectivity index (χ3v) is 4.48. The summed E-state index contributed by atoms with van der Waals surface area (Å²) in [6.45, 7) is 0. The van der Waals surface area contributed by atoms with E-state index in [1.165, 1.54) is 0 Å². The van der Waals surface area contributed by atoms with Crippen molar-refractivity contribution < 1.29 is 27.8 Å². The molecular formula is C19H15ClF3N5O3. The second kappa shape index (κ2) is 8.19. The first-order valence-corrected chi connectivity index (χ1v) is 8.87. The second-order valence-corrected chi connectivity index (χ2v) is 6.64. The average Bonchev–Trinajstić information content (AvgIpc) is 3.16. The fraction of sp³-hybridized carbons (Fsp3) is 0.105. The van der Waals surface area contributed by atoms with Crippen LogP contribution in [0, 0.1) is 0 Å². The van der Waals surface area contributed by atoms with E-state index in [0.717, 1.165) is 27.4 Å². The molecule has 0 unspecified atom stereocenters. The summed E-state index contributed by atoms with van der Waals surface area (Å²) in [5.41, 5.74) is 15.2. The van der Waals surface area contributed by atoms with Gasteiger partial charge in [-0.15, -0.1) is 0 Å². The molecule has 162 valence electrons. The van der Waals surface area contributed by atoms with Crippen molar-refractivity contribution in [3.05, 3.63) is 41.6 Å². The van der Waals surface area contributed by atoms with E-state index in [4.69, 9.17) is 37.7 Å². The fourth-order valence-corrected chi connectivity index (χ4v) is 3.18. The molecule has 2 heterocycles. The Morgan fingerprint density at radius 1 is 1.16 bits per heavy atom. The Kier molecular flexibility index (Phi) is 5.80. The summed E-state index contributed by atoms with van der Waals surface area (Å²) in [7, 11) is 1.62. The number of fused-ring (bicyclic) bond motifs is 3. The number of methoxy groups -OCH3 is 1. The minimum atomic E-state index is -5.08. The number of H-pyrrole nitrogens is 1. The van der Waals surface area contributed by atoms with Crippen LogP contribution in [0.25, 0.3) is 32.9 Å². The van der Waals surface area contributed by atoms with Crippen molar-refractivity contribution in [1.82, 2.24) is 15.0 Å². The summed E-state index contributed by atoms with van der Waals surface area (Å²) in [5, 5.41) is 9.43. The van der Waals surface area contributed by atoms with Gasteiger partial charge in [0.15, 0.2) is 0 Å². The number of aliphatic carboxylic acids is 1. The number of ether oxygens (including phenoxy) is 1. The van der Waals surface area contributed by atoms with Gasteiger partial charge in [-0.25, -0.2) is 9.78 Å².